The SMILES string of the molecule is COc1ccc2[nH]c(C(=O)c3cccc(OC)c3OC)cc2c1. The minimum Gasteiger partial charge on any atom is -0.497 e. The Morgan fingerprint density at radius 3 is 2.48 bits per heavy atom. The number of benzene rings is 2. The molecule has 0 amide bonds. The summed E-state index contributed by atoms with van der Waals surface area (Å²) in [6.45, 7) is 0. The molecule has 0 aliphatic carbocycles. The van der Waals surface area contributed by atoms with Crippen LogP contribution in [0.2, 0.25) is 0 Å². The van der Waals surface area contributed by atoms with Gasteiger partial charge >= 0.3 is 0 Å². The van der Waals surface area contributed by atoms with E-state index in [4.69, 9.17) is 14.2 Å². The molecule has 2 aromatic carbocycles. The summed E-state index contributed by atoms with van der Waals surface area (Å²) in [6, 6.07) is 12.7. The summed E-state index contributed by atoms with van der Waals surface area (Å²) in [5.74, 6) is 1.54. The van der Waals surface area contributed by atoms with Gasteiger partial charge in [-0.05, 0) is 36.4 Å². The Bertz CT molecular complexity index is 867. The molecule has 0 saturated heterocycles. The maximum atomic E-state index is 12.8. The van der Waals surface area contributed by atoms with Gasteiger partial charge in [-0.3, -0.25) is 4.79 Å². The molecule has 1 aromatic heterocycles. The van der Waals surface area contributed by atoms with Crippen molar-refractivity contribution in [3.05, 3.63) is 53.7 Å². The number of hydrogen-bond acceptors (Lipinski definition) is 4. The van der Waals surface area contributed by atoms with Crippen molar-refractivity contribution in [1.82, 2.24) is 4.98 Å². The molecule has 5 nitrogen and oxygen atoms in total. The first kappa shape index (κ1) is 15.0. The second-order valence-corrected chi connectivity index (χ2v) is 5.01. The Hall–Kier alpha value is -2.95. The molecule has 0 unspecified atom stereocenters. The van der Waals surface area contributed by atoms with Crippen LogP contribution in [0.1, 0.15) is 16.1 Å². The molecule has 0 fully saturated rings. The summed E-state index contributed by atoms with van der Waals surface area (Å²) in [4.78, 5) is 16.0. The fraction of sp³-hybridized carbons (Fsp3) is 0.167. The van der Waals surface area contributed by atoms with Gasteiger partial charge in [-0.15, -0.1) is 0 Å². The predicted octanol–water partition coefficient (Wildman–Crippen LogP) is 3.42. The number of aromatic nitrogens is 1. The predicted molar refractivity (Wildman–Crippen MR) is 87.8 cm³/mol. The zero-order valence-electron chi connectivity index (χ0n) is 13.2. The third-order valence-corrected chi connectivity index (χ3v) is 3.72. The molecule has 0 spiro atoms. The maximum absolute atomic E-state index is 12.8. The first-order valence-corrected chi connectivity index (χ1v) is 7.10. The highest BCUT2D eigenvalue weighted by molar-refractivity contribution is 6.12. The van der Waals surface area contributed by atoms with Crippen LogP contribution in [0.3, 0.4) is 0 Å². The molecule has 0 aliphatic rings. The van der Waals surface area contributed by atoms with Crippen LogP contribution in [-0.2, 0) is 0 Å². The van der Waals surface area contributed by atoms with Gasteiger partial charge in [0.25, 0.3) is 0 Å². The Morgan fingerprint density at radius 2 is 1.78 bits per heavy atom. The standard InChI is InChI=1S/C18H17NO4/c1-21-12-7-8-14-11(9-12)10-15(19-14)17(20)13-5-4-6-16(22-2)18(13)23-3/h4-10,19H,1-3H3. The Balaban J connectivity index is 2.07. The van der Waals surface area contributed by atoms with Crippen LogP contribution in [-0.4, -0.2) is 32.1 Å². The third-order valence-electron chi connectivity index (χ3n) is 3.72. The van der Waals surface area contributed by atoms with Gasteiger partial charge in [0.05, 0.1) is 32.6 Å². The second-order valence-electron chi connectivity index (χ2n) is 5.01. The lowest BCUT2D eigenvalue weighted by atomic mass is 10.1. The number of para-hydroxylation sites is 1. The Labute approximate surface area is 133 Å². The number of carbonyl (C=O) groups is 1. The quantitative estimate of drug-likeness (QED) is 0.733. The number of aromatic amines is 1. The van der Waals surface area contributed by atoms with E-state index in [-0.39, 0.29) is 5.78 Å². The van der Waals surface area contributed by atoms with E-state index in [1.165, 1.54) is 7.11 Å². The minimum atomic E-state index is -0.157. The number of nitrogens with one attached hydrogen (secondary N) is 1. The highest BCUT2D eigenvalue weighted by Crippen LogP contribution is 2.32. The average Bonchev–Trinajstić information content (AvgIpc) is 3.03. The van der Waals surface area contributed by atoms with Crippen LogP contribution in [0.25, 0.3) is 10.9 Å². The van der Waals surface area contributed by atoms with Gasteiger partial charge in [0.15, 0.2) is 11.5 Å². The van der Waals surface area contributed by atoms with E-state index in [9.17, 15) is 4.79 Å². The summed E-state index contributed by atoms with van der Waals surface area (Å²) in [6.07, 6.45) is 0. The Kier molecular flexibility index (Phi) is 3.93. The van der Waals surface area contributed by atoms with Crippen molar-refractivity contribution in [1.29, 1.82) is 0 Å². The highest BCUT2D eigenvalue weighted by atomic mass is 16.5. The molecule has 3 aromatic rings. The molecule has 118 valence electrons. The number of rotatable bonds is 5. The van der Waals surface area contributed by atoms with Crippen molar-refractivity contribution in [2.24, 2.45) is 0 Å². The molecule has 0 atom stereocenters. The Morgan fingerprint density at radius 1 is 0.957 bits per heavy atom. The van der Waals surface area contributed by atoms with E-state index >= 15 is 0 Å². The minimum absolute atomic E-state index is 0.157. The molecule has 0 radical (unpaired) electrons. The first-order valence-electron chi connectivity index (χ1n) is 7.10. The zero-order chi connectivity index (χ0) is 16.4. The van der Waals surface area contributed by atoms with E-state index < -0.39 is 0 Å². The monoisotopic (exact) mass is 311 g/mol. The van der Waals surface area contributed by atoms with E-state index in [1.54, 1.807) is 38.5 Å². The molecule has 1 N–H and O–H groups in total. The lowest BCUT2D eigenvalue weighted by Crippen LogP contribution is -2.05. The van der Waals surface area contributed by atoms with Crippen LogP contribution < -0.4 is 14.2 Å². The number of H-pyrrole nitrogens is 1. The van der Waals surface area contributed by atoms with E-state index in [0.717, 1.165) is 16.7 Å². The zero-order valence-corrected chi connectivity index (χ0v) is 13.2. The van der Waals surface area contributed by atoms with E-state index in [0.29, 0.717) is 22.8 Å². The van der Waals surface area contributed by atoms with Crippen molar-refractivity contribution in [2.75, 3.05) is 21.3 Å². The molecule has 0 saturated carbocycles. The number of ketones is 1. The van der Waals surface area contributed by atoms with Crippen LogP contribution in [0.15, 0.2) is 42.5 Å². The number of fused-ring (bicyclic) bond motifs is 1. The van der Waals surface area contributed by atoms with Crippen LogP contribution >= 0.6 is 0 Å². The largest absolute Gasteiger partial charge is 0.497 e. The summed E-state index contributed by atoms with van der Waals surface area (Å²) in [5.41, 5.74) is 1.81. The van der Waals surface area contributed by atoms with Crippen LogP contribution in [0.5, 0.6) is 17.2 Å². The number of carbonyl (C=O) groups excluding carboxylic acids is 1. The maximum Gasteiger partial charge on any atom is 0.213 e. The van der Waals surface area contributed by atoms with Crippen LogP contribution in [0, 0.1) is 0 Å². The van der Waals surface area contributed by atoms with Gasteiger partial charge in [0.2, 0.25) is 5.78 Å². The smallest absolute Gasteiger partial charge is 0.213 e. The number of hydrogen-bond donors (Lipinski definition) is 1. The molecular formula is C18H17NO4. The summed E-state index contributed by atoms with van der Waals surface area (Å²) in [7, 11) is 4.67. The molecule has 0 bridgehead atoms. The van der Waals surface area contributed by atoms with Gasteiger partial charge < -0.3 is 19.2 Å². The molecule has 0 aliphatic heterocycles. The van der Waals surface area contributed by atoms with E-state index in [1.807, 2.05) is 18.2 Å². The van der Waals surface area contributed by atoms with E-state index in [2.05, 4.69) is 4.98 Å². The first-order chi connectivity index (χ1) is 11.2. The fourth-order valence-electron chi connectivity index (χ4n) is 2.57. The van der Waals surface area contributed by atoms with Crippen molar-refractivity contribution in [3.8, 4) is 17.2 Å². The second kappa shape index (κ2) is 6.04. The van der Waals surface area contributed by atoms with Gasteiger partial charge in [-0.25, -0.2) is 0 Å². The molecular weight excluding hydrogens is 294 g/mol. The molecule has 5 heteroatoms. The van der Waals surface area contributed by atoms with Crippen molar-refractivity contribution < 1.29 is 19.0 Å². The van der Waals surface area contributed by atoms with Crippen molar-refractivity contribution in [3.63, 3.8) is 0 Å². The van der Waals surface area contributed by atoms with Gasteiger partial charge in [0, 0.05) is 10.9 Å². The highest BCUT2D eigenvalue weighted by Gasteiger charge is 2.19. The van der Waals surface area contributed by atoms with Gasteiger partial charge in [-0.1, -0.05) is 6.07 Å². The summed E-state index contributed by atoms with van der Waals surface area (Å²) < 4.78 is 15.8. The normalized spacial score (nSPS) is 10.6. The third kappa shape index (κ3) is 2.61. The average molecular weight is 311 g/mol. The van der Waals surface area contributed by atoms with Crippen LogP contribution in [0.4, 0.5) is 0 Å². The number of methoxy groups -OCH3 is 3. The summed E-state index contributed by atoms with van der Waals surface area (Å²) >= 11 is 0. The number of ether oxygens (including phenoxy) is 3. The lowest BCUT2D eigenvalue weighted by molar-refractivity contribution is 0.103. The van der Waals surface area contributed by atoms with Crippen molar-refractivity contribution in [2.45, 2.75) is 0 Å². The van der Waals surface area contributed by atoms with Crippen molar-refractivity contribution >= 4 is 16.7 Å². The van der Waals surface area contributed by atoms with Gasteiger partial charge in [0.1, 0.15) is 5.75 Å². The van der Waals surface area contributed by atoms with Gasteiger partial charge in [-0.2, -0.15) is 0 Å². The molecule has 3 rings (SSSR count). The lowest BCUT2D eigenvalue weighted by Gasteiger charge is -2.11. The molecule has 23 heavy (non-hydrogen) atoms. The summed E-state index contributed by atoms with van der Waals surface area (Å²) in [5, 5.41) is 0.912. The fourth-order valence-corrected chi connectivity index (χ4v) is 2.57. The topological polar surface area (TPSA) is 60.6 Å². The molecule has 1 heterocycles.